The molecule has 2 unspecified atom stereocenters. The van der Waals surface area contributed by atoms with Gasteiger partial charge in [-0.15, -0.1) is 0 Å². The van der Waals surface area contributed by atoms with Gasteiger partial charge in [0.1, 0.15) is 0 Å². The molecule has 4 aromatic rings. The van der Waals surface area contributed by atoms with E-state index in [0.717, 1.165) is 0 Å². The number of fused-ring (bicyclic) bond motifs is 2. The van der Waals surface area contributed by atoms with Crippen molar-refractivity contribution in [2.75, 3.05) is 0 Å². The fourth-order valence-electron chi connectivity index (χ4n) is 8.99. The summed E-state index contributed by atoms with van der Waals surface area (Å²) in [6.45, 7) is 18.6. The molecule has 7 rings (SSSR count). The van der Waals surface area contributed by atoms with Gasteiger partial charge in [-0.2, -0.15) is 0 Å². The molecule has 0 radical (unpaired) electrons. The third-order valence-corrected chi connectivity index (χ3v) is 30.6. The average Bonchev–Trinajstić information content (AvgIpc) is 3.59. The smallest absolute Gasteiger partial charge is 1.00 e. The van der Waals surface area contributed by atoms with Crippen LogP contribution in [0.3, 0.4) is 0 Å². The summed E-state index contributed by atoms with van der Waals surface area (Å²) in [7, 11) is 0. The first-order chi connectivity index (χ1) is 22.5. The van der Waals surface area contributed by atoms with Crippen LogP contribution in [-0.2, 0) is 30.8 Å². The summed E-state index contributed by atoms with van der Waals surface area (Å²) in [6.07, 6.45) is 10.3. The molecule has 3 heteroatoms. The van der Waals surface area contributed by atoms with Crippen molar-refractivity contribution in [2.24, 2.45) is 0 Å². The molecule has 1 aliphatic heterocycles. The molecule has 0 N–H and O–H groups in total. The van der Waals surface area contributed by atoms with E-state index >= 15 is 0 Å². The molecule has 0 spiro atoms. The van der Waals surface area contributed by atoms with Crippen molar-refractivity contribution in [3.05, 3.63) is 129 Å². The summed E-state index contributed by atoms with van der Waals surface area (Å²) in [5, 5.41) is 0. The van der Waals surface area contributed by atoms with Gasteiger partial charge in [0.15, 0.2) is 0 Å². The van der Waals surface area contributed by atoms with E-state index in [1.165, 1.54) is 78.5 Å². The van der Waals surface area contributed by atoms with Crippen LogP contribution in [0.4, 0.5) is 0 Å². The molecule has 2 aliphatic carbocycles. The average molecular weight is 856 g/mol. The number of hydrogen-bond donors (Lipinski definition) is 0. The molecular formula is C46H54Cl2Hf. The molecule has 1 saturated heterocycles. The van der Waals surface area contributed by atoms with Gasteiger partial charge < -0.3 is 24.8 Å². The van der Waals surface area contributed by atoms with Gasteiger partial charge in [-0.25, -0.2) is 0 Å². The second-order valence-electron chi connectivity index (χ2n) is 16.8. The van der Waals surface area contributed by atoms with Gasteiger partial charge in [0.25, 0.3) is 0 Å². The predicted molar refractivity (Wildman–Crippen MR) is 202 cm³/mol. The summed E-state index contributed by atoms with van der Waals surface area (Å²) in [6, 6.07) is 33.5. The maximum Gasteiger partial charge on any atom is -1.00 e. The van der Waals surface area contributed by atoms with Crippen molar-refractivity contribution >= 4 is 12.2 Å². The van der Waals surface area contributed by atoms with Crippen LogP contribution in [-0.4, -0.2) is 0 Å². The number of halogens is 2. The zero-order valence-electron chi connectivity index (χ0n) is 30.9. The second kappa shape index (κ2) is 14.4. The van der Waals surface area contributed by atoms with Gasteiger partial charge in [-0.1, -0.05) is 0 Å². The Labute approximate surface area is 314 Å². The molecule has 0 amide bonds. The first-order valence-electron chi connectivity index (χ1n) is 18.3. The fourth-order valence-corrected chi connectivity index (χ4v) is 37.1. The van der Waals surface area contributed by atoms with E-state index in [1.807, 2.05) is 0 Å². The largest absolute Gasteiger partial charge is 1.00 e. The minimum absolute atomic E-state index is 0. The Morgan fingerprint density at radius 1 is 0.531 bits per heavy atom. The third kappa shape index (κ3) is 6.91. The SMILES string of the molecule is CCCC1=Cc2c(-c3ccc(C(C)(C)C)cc3)cccc2[CH]1[Hf+2]1([CH]2C(CCC)=Cc3c(-c4ccc(C(C)(C)C)cc4)cccc32)[CH2][CH2]1.[Cl-].[Cl-]. The van der Waals surface area contributed by atoms with E-state index < -0.39 is 20.0 Å². The summed E-state index contributed by atoms with van der Waals surface area (Å²) in [5.41, 5.74) is 18.7. The van der Waals surface area contributed by atoms with Crippen molar-refractivity contribution in [3.63, 3.8) is 0 Å². The number of benzene rings is 4. The topological polar surface area (TPSA) is 0 Å². The molecule has 49 heavy (non-hydrogen) atoms. The molecule has 0 saturated carbocycles. The van der Waals surface area contributed by atoms with Crippen LogP contribution < -0.4 is 24.8 Å². The Hall–Kier alpha value is -2.19. The molecule has 2 atom stereocenters. The maximum absolute atomic E-state index is 2.94. The molecule has 4 aromatic carbocycles. The van der Waals surface area contributed by atoms with E-state index in [4.69, 9.17) is 0 Å². The monoisotopic (exact) mass is 856 g/mol. The number of rotatable bonds is 8. The quantitative estimate of drug-likeness (QED) is 0.159. The third-order valence-electron chi connectivity index (χ3n) is 11.5. The minimum atomic E-state index is -2.94. The summed E-state index contributed by atoms with van der Waals surface area (Å²) < 4.78 is 4.46. The van der Waals surface area contributed by atoms with E-state index in [1.54, 1.807) is 22.3 Å². The second-order valence-corrected chi connectivity index (χ2v) is 33.4. The van der Waals surface area contributed by atoms with Crippen molar-refractivity contribution in [3.8, 4) is 22.3 Å². The Morgan fingerprint density at radius 2 is 0.898 bits per heavy atom. The summed E-state index contributed by atoms with van der Waals surface area (Å²) in [5.74, 6) is 0. The predicted octanol–water partition coefficient (Wildman–Crippen LogP) is 7.80. The van der Waals surface area contributed by atoms with Crippen LogP contribution in [0.5, 0.6) is 0 Å². The van der Waals surface area contributed by atoms with Gasteiger partial charge in [-0.05, 0) is 0 Å². The van der Waals surface area contributed by atoms with Crippen LogP contribution in [0.15, 0.2) is 96.1 Å². The Kier molecular flexibility index (Phi) is 11.2. The summed E-state index contributed by atoms with van der Waals surface area (Å²) in [4.78, 5) is 0. The maximum atomic E-state index is 2.67. The zero-order chi connectivity index (χ0) is 33.1. The van der Waals surface area contributed by atoms with E-state index in [9.17, 15) is 0 Å². The van der Waals surface area contributed by atoms with Crippen molar-refractivity contribution in [2.45, 2.75) is 108 Å². The van der Waals surface area contributed by atoms with E-state index in [2.05, 4.69) is 152 Å². The van der Waals surface area contributed by atoms with Crippen molar-refractivity contribution < 1.29 is 44.8 Å². The Bertz CT molecular complexity index is 1720. The van der Waals surface area contributed by atoms with E-state index in [-0.39, 0.29) is 35.6 Å². The van der Waals surface area contributed by atoms with Gasteiger partial charge in [0.05, 0.1) is 0 Å². The first-order valence-corrected chi connectivity index (χ1v) is 27.6. The Balaban J connectivity index is 0.00000234. The van der Waals surface area contributed by atoms with Crippen molar-refractivity contribution in [1.29, 1.82) is 0 Å². The molecule has 1 heterocycles. The van der Waals surface area contributed by atoms with Crippen LogP contribution in [0, 0.1) is 0 Å². The van der Waals surface area contributed by atoms with Crippen LogP contribution in [0.1, 0.15) is 122 Å². The van der Waals surface area contributed by atoms with E-state index in [0.29, 0.717) is 7.35 Å². The first kappa shape index (κ1) is 38.1. The Morgan fingerprint density at radius 3 is 1.20 bits per heavy atom. The van der Waals surface area contributed by atoms with Crippen LogP contribution in [0.25, 0.3) is 34.4 Å². The van der Waals surface area contributed by atoms with Gasteiger partial charge >= 0.3 is 291 Å². The zero-order valence-corrected chi connectivity index (χ0v) is 36.0. The molecule has 0 nitrogen and oxygen atoms in total. The van der Waals surface area contributed by atoms with Gasteiger partial charge in [0, 0.05) is 0 Å². The molecular weight excluding hydrogens is 802 g/mol. The molecule has 0 aromatic heterocycles. The molecule has 1 fully saturated rings. The number of hydrogen-bond acceptors (Lipinski definition) is 0. The van der Waals surface area contributed by atoms with Gasteiger partial charge in [0.2, 0.25) is 0 Å². The van der Waals surface area contributed by atoms with Crippen LogP contribution in [0.2, 0.25) is 8.35 Å². The van der Waals surface area contributed by atoms with Gasteiger partial charge in [-0.3, -0.25) is 0 Å². The summed E-state index contributed by atoms with van der Waals surface area (Å²) >= 11 is -2.94. The molecule has 0 bridgehead atoms. The van der Waals surface area contributed by atoms with Crippen LogP contribution >= 0.6 is 0 Å². The fraction of sp³-hybridized carbons (Fsp3) is 0.391. The van der Waals surface area contributed by atoms with Crippen molar-refractivity contribution in [1.82, 2.24) is 0 Å². The molecule has 256 valence electrons. The number of allylic oxidation sites excluding steroid dienone is 2. The molecule has 3 aliphatic rings. The standard InChI is InChI=1S/2C22H25.C2H4.2ClH.Hf/c2*1-5-7-16-14-18-8-6-9-20(21(18)15-16)17-10-12-19(13-11-17)22(2,3)4;1-2;;;/h2*6,8-15H,5,7H2,1-4H3;1-2H2;2*1H;/q;;;;;+2/p-2. The minimum Gasteiger partial charge on any atom is -1.00 e. The normalized spacial score (nSPS) is 18.2.